The first-order valence-corrected chi connectivity index (χ1v) is 10.3. The van der Waals surface area contributed by atoms with Gasteiger partial charge in [0.2, 0.25) is 5.91 Å². The molecule has 0 saturated carbocycles. The zero-order valence-electron chi connectivity index (χ0n) is 14.1. The first-order valence-electron chi connectivity index (χ1n) is 8.60. The van der Waals surface area contributed by atoms with Crippen LogP contribution in [0.25, 0.3) is 6.08 Å². The number of carbonyl (C=O) groups excluding carboxylic acids is 2. The number of ether oxygens (including phenoxy) is 1. The number of thiophene rings is 1. The van der Waals surface area contributed by atoms with Crippen molar-refractivity contribution in [3.8, 4) is 0 Å². The molecule has 1 atom stereocenters. The van der Waals surface area contributed by atoms with Crippen molar-refractivity contribution in [2.24, 2.45) is 0 Å². The number of carbonyl (C=O) groups is 2. The molecular formula is C18H19N3O3S2. The van der Waals surface area contributed by atoms with Gasteiger partial charge < -0.3 is 9.64 Å². The number of fused-ring (bicyclic) bond motifs is 1. The zero-order valence-corrected chi connectivity index (χ0v) is 15.8. The number of rotatable bonds is 4. The minimum absolute atomic E-state index is 0.00221. The second-order valence-corrected chi connectivity index (χ2v) is 8.30. The van der Waals surface area contributed by atoms with Gasteiger partial charge in [-0.05, 0) is 30.4 Å². The standard InChI is InChI=1S/C18H19N3O3S2/c22-16(6-5-12-3-2-10-25-12)21-8-7-13-15(11-21)26-18(19-13)20-17(23)14-4-1-9-24-14/h2-3,5-6,10,14H,1,4,7-9,11H2,(H,19,20,23)/b6-5+/t14-/m0/s1. The van der Waals surface area contributed by atoms with Gasteiger partial charge in [-0.2, -0.15) is 0 Å². The molecule has 0 bridgehead atoms. The lowest BCUT2D eigenvalue weighted by Crippen LogP contribution is -2.34. The summed E-state index contributed by atoms with van der Waals surface area (Å²) in [5.41, 5.74) is 0.976. The average Bonchev–Trinajstić information content (AvgIpc) is 3.39. The summed E-state index contributed by atoms with van der Waals surface area (Å²) in [6, 6.07) is 3.95. The Morgan fingerprint density at radius 2 is 2.35 bits per heavy atom. The molecule has 4 heterocycles. The number of nitrogens with zero attached hydrogens (tertiary/aromatic N) is 2. The fourth-order valence-electron chi connectivity index (χ4n) is 3.05. The molecule has 0 aromatic carbocycles. The second-order valence-electron chi connectivity index (χ2n) is 6.24. The average molecular weight is 390 g/mol. The highest BCUT2D eigenvalue weighted by Crippen LogP contribution is 2.29. The van der Waals surface area contributed by atoms with E-state index < -0.39 is 0 Å². The van der Waals surface area contributed by atoms with E-state index in [2.05, 4.69) is 10.3 Å². The molecule has 0 unspecified atom stereocenters. The van der Waals surface area contributed by atoms with Crippen molar-refractivity contribution >= 4 is 45.7 Å². The van der Waals surface area contributed by atoms with Crippen molar-refractivity contribution < 1.29 is 14.3 Å². The highest BCUT2D eigenvalue weighted by Gasteiger charge is 2.27. The van der Waals surface area contributed by atoms with Crippen molar-refractivity contribution in [3.05, 3.63) is 39.0 Å². The van der Waals surface area contributed by atoms with E-state index in [1.807, 2.05) is 28.5 Å². The van der Waals surface area contributed by atoms with E-state index in [-0.39, 0.29) is 17.9 Å². The Balaban J connectivity index is 1.38. The number of thiazole rings is 1. The number of amides is 2. The predicted octanol–water partition coefficient (Wildman–Crippen LogP) is 2.92. The van der Waals surface area contributed by atoms with E-state index in [0.717, 1.165) is 28.3 Å². The van der Waals surface area contributed by atoms with E-state index in [1.54, 1.807) is 17.4 Å². The Kier molecular flexibility index (Phi) is 5.14. The van der Waals surface area contributed by atoms with E-state index in [1.165, 1.54) is 11.3 Å². The van der Waals surface area contributed by atoms with Crippen molar-refractivity contribution in [2.45, 2.75) is 31.9 Å². The molecule has 26 heavy (non-hydrogen) atoms. The maximum absolute atomic E-state index is 12.4. The van der Waals surface area contributed by atoms with Gasteiger partial charge in [-0.3, -0.25) is 14.9 Å². The molecule has 136 valence electrons. The first-order chi connectivity index (χ1) is 12.7. The number of hydrogen-bond acceptors (Lipinski definition) is 6. The van der Waals surface area contributed by atoms with Gasteiger partial charge in [0.1, 0.15) is 6.10 Å². The van der Waals surface area contributed by atoms with Crippen LogP contribution in [0.5, 0.6) is 0 Å². The summed E-state index contributed by atoms with van der Waals surface area (Å²) in [5, 5.41) is 5.44. The Hall–Kier alpha value is -2.03. The minimum Gasteiger partial charge on any atom is -0.368 e. The lowest BCUT2D eigenvalue weighted by atomic mass is 10.2. The topological polar surface area (TPSA) is 71.5 Å². The third kappa shape index (κ3) is 3.87. The van der Waals surface area contributed by atoms with Gasteiger partial charge in [0, 0.05) is 35.4 Å². The van der Waals surface area contributed by atoms with Gasteiger partial charge >= 0.3 is 0 Å². The molecule has 0 radical (unpaired) electrons. The molecule has 2 amide bonds. The molecule has 8 heteroatoms. The van der Waals surface area contributed by atoms with Gasteiger partial charge in [-0.15, -0.1) is 11.3 Å². The number of hydrogen-bond donors (Lipinski definition) is 1. The largest absolute Gasteiger partial charge is 0.368 e. The maximum atomic E-state index is 12.4. The molecule has 2 aromatic heterocycles. The van der Waals surface area contributed by atoms with E-state index in [4.69, 9.17) is 4.74 Å². The molecule has 4 rings (SSSR count). The van der Waals surface area contributed by atoms with Crippen LogP contribution in [0.4, 0.5) is 5.13 Å². The van der Waals surface area contributed by atoms with Gasteiger partial charge in [0.05, 0.1) is 12.2 Å². The van der Waals surface area contributed by atoms with E-state index >= 15 is 0 Å². The molecule has 0 aliphatic carbocycles. The normalized spacial score (nSPS) is 19.7. The Morgan fingerprint density at radius 1 is 1.42 bits per heavy atom. The summed E-state index contributed by atoms with van der Waals surface area (Å²) >= 11 is 3.05. The van der Waals surface area contributed by atoms with E-state index in [0.29, 0.717) is 31.2 Å². The smallest absolute Gasteiger partial charge is 0.255 e. The third-order valence-electron chi connectivity index (χ3n) is 4.43. The highest BCUT2D eigenvalue weighted by molar-refractivity contribution is 7.15. The summed E-state index contributed by atoms with van der Waals surface area (Å²) in [5.74, 6) is -0.122. The van der Waals surface area contributed by atoms with Crippen LogP contribution in [0, 0.1) is 0 Å². The van der Waals surface area contributed by atoms with Gasteiger partial charge in [-0.25, -0.2) is 4.98 Å². The Labute approximate surface area is 159 Å². The minimum atomic E-state index is -0.364. The molecule has 1 N–H and O–H groups in total. The summed E-state index contributed by atoms with van der Waals surface area (Å²) < 4.78 is 5.40. The molecule has 0 spiro atoms. The van der Waals surface area contributed by atoms with Gasteiger partial charge in [0.25, 0.3) is 5.91 Å². The van der Waals surface area contributed by atoms with Crippen LogP contribution in [0.3, 0.4) is 0 Å². The number of nitrogens with one attached hydrogen (secondary N) is 1. The quantitative estimate of drug-likeness (QED) is 0.816. The molecule has 1 fully saturated rings. The van der Waals surface area contributed by atoms with Gasteiger partial charge in [-0.1, -0.05) is 17.4 Å². The number of aromatic nitrogens is 1. The van der Waals surface area contributed by atoms with Crippen LogP contribution in [0.1, 0.15) is 28.3 Å². The fourth-order valence-corrected chi connectivity index (χ4v) is 4.70. The molecule has 6 nitrogen and oxygen atoms in total. The fraction of sp³-hybridized carbons (Fsp3) is 0.389. The molecule has 2 aliphatic rings. The first kappa shape index (κ1) is 17.4. The van der Waals surface area contributed by atoms with Crippen molar-refractivity contribution in [1.29, 1.82) is 0 Å². The van der Waals surface area contributed by atoms with Crippen molar-refractivity contribution in [1.82, 2.24) is 9.88 Å². The summed E-state index contributed by atoms with van der Waals surface area (Å²) in [6.07, 6.45) is 5.50. The van der Waals surface area contributed by atoms with Crippen LogP contribution < -0.4 is 5.32 Å². The molecule has 1 saturated heterocycles. The zero-order chi connectivity index (χ0) is 17.9. The lowest BCUT2D eigenvalue weighted by molar-refractivity contribution is -0.127. The number of anilines is 1. The highest BCUT2D eigenvalue weighted by atomic mass is 32.1. The SMILES string of the molecule is O=C(Nc1nc2c(s1)CN(C(=O)/C=C/c1cccs1)CC2)[C@@H]1CCCO1. The van der Waals surface area contributed by atoms with Crippen LogP contribution >= 0.6 is 22.7 Å². The maximum Gasteiger partial charge on any atom is 0.255 e. The summed E-state index contributed by atoms with van der Waals surface area (Å²) in [6.45, 7) is 1.82. The lowest BCUT2D eigenvalue weighted by Gasteiger charge is -2.24. The third-order valence-corrected chi connectivity index (χ3v) is 6.26. The summed E-state index contributed by atoms with van der Waals surface area (Å²) in [7, 11) is 0. The van der Waals surface area contributed by atoms with Crippen LogP contribution in [0.15, 0.2) is 23.6 Å². The van der Waals surface area contributed by atoms with Crippen LogP contribution in [-0.4, -0.2) is 41.0 Å². The Morgan fingerprint density at radius 3 is 3.12 bits per heavy atom. The molecular weight excluding hydrogens is 370 g/mol. The summed E-state index contributed by atoms with van der Waals surface area (Å²) in [4.78, 5) is 33.0. The van der Waals surface area contributed by atoms with Crippen LogP contribution in [0.2, 0.25) is 0 Å². The van der Waals surface area contributed by atoms with Crippen molar-refractivity contribution in [3.63, 3.8) is 0 Å². The van der Waals surface area contributed by atoms with Crippen molar-refractivity contribution in [2.75, 3.05) is 18.5 Å². The van der Waals surface area contributed by atoms with Crippen LogP contribution in [-0.2, 0) is 27.3 Å². The van der Waals surface area contributed by atoms with E-state index in [9.17, 15) is 9.59 Å². The molecule has 2 aromatic rings. The van der Waals surface area contributed by atoms with Gasteiger partial charge in [0.15, 0.2) is 5.13 Å². The predicted molar refractivity (Wildman–Crippen MR) is 102 cm³/mol. The Bertz CT molecular complexity index is 823. The monoisotopic (exact) mass is 389 g/mol. The molecule has 2 aliphatic heterocycles. The second kappa shape index (κ2) is 7.69.